The van der Waals surface area contributed by atoms with E-state index in [1.807, 2.05) is 18.2 Å². The van der Waals surface area contributed by atoms with Crippen LogP contribution in [-0.2, 0) is 16.3 Å². The zero-order chi connectivity index (χ0) is 20.0. The summed E-state index contributed by atoms with van der Waals surface area (Å²) in [6, 6.07) is 8.86. The van der Waals surface area contributed by atoms with Crippen molar-refractivity contribution in [1.82, 2.24) is 20.2 Å². The van der Waals surface area contributed by atoms with E-state index in [0.717, 1.165) is 56.6 Å². The van der Waals surface area contributed by atoms with Gasteiger partial charge in [0.15, 0.2) is 15.8 Å². The van der Waals surface area contributed by atoms with E-state index in [2.05, 4.69) is 30.1 Å². The van der Waals surface area contributed by atoms with Crippen LogP contribution >= 0.6 is 0 Å². The molecule has 3 rings (SSSR count). The molecule has 1 aliphatic rings. The highest BCUT2D eigenvalue weighted by Crippen LogP contribution is 2.11. The fourth-order valence-corrected chi connectivity index (χ4v) is 3.76. The Kier molecular flexibility index (Phi) is 6.45. The van der Waals surface area contributed by atoms with Crippen LogP contribution in [0, 0.1) is 0 Å². The van der Waals surface area contributed by atoms with Crippen molar-refractivity contribution in [3.05, 3.63) is 48.3 Å². The highest BCUT2D eigenvalue weighted by atomic mass is 32.2. The van der Waals surface area contributed by atoms with Gasteiger partial charge < -0.3 is 15.1 Å². The first-order chi connectivity index (χ1) is 13.5. The lowest BCUT2D eigenvalue weighted by Crippen LogP contribution is -2.53. The number of aliphatic imine (C=N–C) groups is 1. The molecule has 1 aromatic heterocycles. The first-order valence-electron chi connectivity index (χ1n) is 9.24. The van der Waals surface area contributed by atoms with Crippen molar-refractivity contribution in [2.45, 2.75) is 11.3 Å². The Morgan fingerprint density at radius 3 is 2.32 bits per heavy atom. The molecule has 150 valence electrons. The summed E-state index contributed by atoms with van der Waals surface area (Å²) in [7, 11) is -1.36. The number of guanidine groups is 1. The third-order valence-corrected chi connectivity index (χ3v) is 5.80. The molecule has 0 radical (unpaired) electrons. The fourth-order valence-electron chi connectivity index (χ4n) is 3.13. The lowest BCUT2D eigenvalue weighted by atomic mass is 10.1. The van der Waals surface area contributed by atoms with Crippen molar-refractivity contribution in [3.8, 4) is 0 Å². The molecule has 9 heteroatoms. The Morgan fingerprint density at radius 2 is 1.75 bits per heavy atom. The van der Waals surface area contributed by atoms with Crippen molar-refractivity contribution < 1.29 is 8.42 Å². The minimum absolute atomic E-state index is 0.347. The summed E-state index contributed by atoms with van der Waals surface area (Å²) >= 11 is 0. The van der Waals surface area contributed by atoms with Gasteiger partial charge in [0.2, 0.25) is 5.95 Å². The topological polar surface area (TPSA) is 90.8 Å². The Labute approximate surface area is 166 Å². The maximum atomic E-state index is 11.5. The van der Waals surface area contributed by atoms with Gasteiger partial charge in [-0.15, -0.1) is 0 Å². The number of piperazine rings is 1. The summed E-state index contributed by atoms with van der Waals surface area (Å²) in [5.74, 6) is 1.64. The van der Waals surface area contributed by atoms with Gasteiger partial charge in [-0.05, 0) is 30.2 Å². The number of hydrogen-bond acceptors (Lipinski definition) is 6. The van der Waals surface area contributed by atoms with E-state index in [-0.39, 0.29) is 0 Å². The molecule has 0 unspecified atom stereocenters. The molecular weight excluding hydrogens is 376 g/mol. The minimum Gasteiger partial charge on any atom is -0.356 e. The number of hydrogen-bond donors (Lipinski definition) is 1. The van der Waals surface area contributed by atoms with Crippen LogP contribution in [0.3, 0.4) is 0 Å². The van der Waals surface area contributed by atoms with Crippen molar-refractivity contribution in [1.29, 1.82) is 0 Å². The van der Waals surface area contributed by atoms with Gasteiger partial charge in [-0.1, -0.05) is 12.1 Å². The van der Waals surface area contributed by atoms with Crippen LogP contribution in [0.4, 0.5) is 5.95 Å². The zero-order valence-electron chi connectivity index (χ0n) is 16.2. The summed E-state index contributed by atoms with van der Waals surface area (Å²) in [5.41, 5.74) is 1.08. The van der Waals surface area contributed by atoms with E-state index >= 15 is 0 Å². The number of benzene rings is 1. The van der Waals surface area contributed by atoms with Crippen molar-refractivity contribution >= 4 is 21.7 Å². The molecule has 2 aromatic rings. The summed E-state index contributed by atoms with van der Waals surface area (Å²) in [4.78, 5) is 17.8. The van der Waals surface area contributed by atoms with E-state index in [9.17, 15) is 8.42 Å². The van der Waals surface area contributed by atoms with Crippen LogP contribution in [0.5, 0.6) is 0 Å². The van der Waals surface area contributed by atoms with Gasteiger partial charge in [-0.3, -0.25) is 4.99 Å². The smallest absolute Gasteiger partial charge is 0.225 e. The quantitative estimate of drug-likeness (QED) is 0.585. The van der Waals surface area contributed by atoms with Crippen LogP contribution in [-0.4, -0.2) is 75.3 Å². The van der Waals surface area contributed by atoms with E-state index < -0.39 is 9.84 Å². The summed E-state index contributed by atoms with van der Waals surface area (Å²) in [6.45, 7) is 4.12. The first-order valence-corrected chi connectivity index (χ1v) is 11.1. The number of aromatic nitrogens is 2. The molecule has 1 saturated heterocycles. The monoisotopic (exact) mass is 402 g/mol. The third-order valence-electron chi connectivity index (χ3n) is 4.67. The van der Waals surface area contributed by atoms with E-state index in [4.69, 9.17) is 0 Å². The number of anilines is 1. The van der Waals surface area contributed by atoms with Crippen molar-refractivity contribution in [2.75, 3.05) is 50.9 Å². The molecular formula is C19H26N6O2S. The maximum Gasteiger partial charge on any atom is 0.225 e. The van der Waals surface area contributed by atoms with Crippen molar-refractivity contribution in [2.24, 2.45) is 4.99 Å². The van der Waals surface area contributed by atoms with E-state index in [0.29, 0.717) is 4.90 Å². The predicted molar refractivity (Wildman–Crippen MR) is 110 cm³/mol. The standard InChI is InChI=1S/C19H26N6O2S/c1-20-18(23-11-8-16-4-6-17(7-5-16)28(2,26)27)24-12-14-25(15-13-24)19-21-9-3-10-22-19/h3-7,9-10H,8,11-15H2,1-2H3,(H,20,23). The van der Waals surface area contributed by atoms with Gasteiger partial charge in [-0.25, -0.2) is 18.4 Å². The molecule has 1 fully saturated rings. The second kappa shape index (κ2) is 9.01. The van der Waals surface area contributed by atoms with E-state index in [1.54, 1.807) is 31.6 Å². The van der Waals surface area contributed by atoms with Crippen molar-refractivity contribution in [3.63, 3.8) is 0 Å². The van der Waals surface area contributed by atoms with Gasteiger partial charge in [0, 0.05) is 58.4 Å². The maximum absolute atomic E-state index is 11.5. The Balaban J connectivity index is 1.48. The number of sulfone groups is 1. The molecule has 1 aliphatic heterocycles. The van der Waals surface area contributed by atoms with Gasteiger partial charge in [-0.2, -0.15) is 0 Å². The number of rotatable bonds is 5. The molecule has 0 saturated carbocycles. The summed E-state index contributed by atoms with van der Waals surface area (Å²) in [5, 5.41) is 3.39. The van der Waals surface area contributed by atoms with Gasteiger partial charge in [0.25, 0.3) is 0 Å². The largest absolute Gasteiger partial charge is 0.356 e. The average Bonchev–Trinajstić information content (AvgIpc) is 2.72. The van der Waals surface area contributed by atoms with Crippen LogP contribution in [0.15, 0.2) is 52.6 Å². The molecule has 0 amide bonds. The second-order valence-electron chi connectivity index (χ2n) is 6.66. The average molecular weight is 403 g/mol. The number of nitrogens with zero attached hydrogens (tertiary/aromatic N) is 5. The Morgan fingerprint density at radius 1 is 1.11 bits per heavy atom. The molecule has 28 heavy (non-hydrogen) atoms. The molecule has 8 nitrogen and oxygen atoms in total. The first kappa shape index (κ1) is 20.1. The molecule has 2 heterocycles. The molecule has 0 atom stereocenters. The minimum atomic E-state index is -3.15. The van der Waals surface area contributed by atoms with Gasteiger partial charge >= 0.3 is 0 Å². The Hall–Kier alpha value is -2.68. The highest BCUT2D eigenvalue weighted by molar-refractivity contribution is 7.90. The van der Waals surface area contributed by atoms with E-state index in [1.165, 1.54) is 6.26 Å². The third kappa shape index (κ3) is 5.19. The van der Waals surface area contributed by atoms with Crippen LogP contribution in [0.1, 0.15) is 5.56 Å². The van der Waals surface area contributed by atoms with Crippen LogP contribution in [0.25, 0.3) is 0 Å². The molecule has 0 aliphatic carbocycles. The number of nitrogens with one attached hydrogen (secondary N) is 1. The zero-order valence-corrected chi connectivity index (χ0v) is 17.1. The lowest BCUT2D eigenvalue weighted by molar-refractivity contribution is 0.370. The SMILES string of the molecule is CN=C(NCCc1ccc(S(C)(=O)=O)cc1)N1CCN(c2ncccn2)CC1. The summed E-state index contributed by atoms with van der Waals surface area (Å²) in [6.07, 6.45) is 5.54. The second-order valence-corrected chi connectivity index (χ2v) is 8.68. The molecule has 1 N–H and O–H groups in total. The van der Waals surface area contributed by atoms with Crippen LogP contribution < -0.4 is 10.2 Å². The van der Waals surface area contributed by atoms with Crippen LogP contribution in [0.2, 0.25) is 0 Å². The predicted octanol–water partition coefficient (Wildman–Crippen LogP) is 0.820. The Bertz CT molecular complexity index is 892. The van der Waals surface area contributed by atoms with Gasteiger partial charge in [0.1, 0.15) is 0 Å². The molecule has 0 spiro atoms. The molecule has 1 aromatic carbocycles. The normalized spacial score (nSPS) is 15.6. The van der Waals surface area contributed by atoms with Gasteiger partial charge in [0.05, 0.1) is 4.90 Å². The summed E-state index contributed by atoms with van der Waals surface area (Å²) < 4.78 is 23.1. The lowest BCUT2D eigenvalue weighted by Gasteiger charge is -2.36. The highest BCUT2D eigenvalue weighted by Gasteiger charge is 2.20. The fraction of sp³-hybridized carbons (Fsp3) is 0.421. The molecule has 0 bridgehead atoms.